The second-order valence-electron chi connectivity index (χ2n) is 7.05. The number of carbonyl (C=O) groups excluding carboxylic acids is 1. The maximum Gasteiger partial charge on any atom is 0.258 e. The normalized spacial score (nSPS) is 16.4. The first-order valence-corrected chi connectivity index (χ1v) is 9.38. The molecular formula is C20H23N5O3. The van der Waals surface area contributed by atoms with E-state index in [0.29, 0.717) is 23.5 Å². The summed E-state index contributed by atoms with van der Waals surface area (Å²) in [4.78, 5) is 20.6. The van der Waals surface area contributed by atoms with E-state index >= 15 is 0 Å². The first-order valence-electron chi connectivity index (χ1n) is 9.38. The number of nitrogens with one attached hydrogen (secondary N) is 1. The Morgan fingerprint density at radius 1 is 1.29 bits per heavy atom. The van der Waals surface area contributed by atoms with Crippen molar-refractivity contribution in [3.8, 4) is 11.6 Å². The molecule has 0 bridgehead atoms. The van der Waals surface area contributed by atoms with Crippen LogP contribution < -0.4 is 10.1 Å². The Bertz CT molecular complexity index is 974. The van der Waals surface area contributed by atoms with Gasteiger partial charge in [0.2, 0.25) is 5.88 Å². The van der Waals surface area contributed by atoms with Gasteiger partial charge in [-0.1, -0.05) is 6.07 Å². The fraction of sp³-hybridized carbons (Fsp3) is 0.400. The highest BCUT2D eigenvalue weighted by Gasteiger charge is 2.17. The van der Waals surface area contributed by atoms with Crippen LogP contribution in [-0.2, 0) is 9.53 Å². The predicted molar refractivity (Wildman–Crippen MR) is 104 cm³/mol. The summed E-state index contributed by atoms with van der Waals surface area (Å²) in [7, 11) is 0. The van der Waals surface area contributed by atoms with E-state index in [4.69, 9.17) is 9.47 Å². The van der Waals surface area contributed by atoms with Crippen molar-refractivity contribution in [3.63, 3.8) is 0 Å². The number of aryl methyl sites for hydroxylation is 2. The maximum absolute atomic E-state index is 12.1. The Morgan fingerprint density at radius 2 is 2.11 bits per heavy atom. The number of amides is 1. The summed E-state index contributed by atoms with van der Waals surface area (Å²) in [5.41, 5.74) is 3.85. The molecule has 8 heteroatoms. The smallest absolute Gasteiger partial charge is 0.258 e. The zero-order chi connectivity index (χ0) is 19.5. The van der Waals surface area contributed by atoms with Crippen LogP contribution >= 0.6 is 0 Å². The van der Waals surface area contributed by atoms with Crippen molar-refractivity contribution in [3.05, 3.63) is 41.9 Å². The van der Waals surface area contributed by atoms with Gasteiger partial charge in [0.1, 0.15) is 11.7 Å². The number of ether oxygens (including phenoxy) is 2. The van der Waals surface area contributed by atoms with Gasteiger partial charge in [0.25, 0.3) is 5.91 Å². The largest absolute Gasteiger partial charge is 0.467 e. The molecule has 1 saturated heterocycles. The van der Waals surface area contributed by atoms with Crippen molar-refractivity contribution in [2.75, 3.05) is 19.8 Å². The summed E-state index contributed by atoms with van der Waals surface area (Å²) < 4.78 is 12.9. The SMILES string of the molecule is Cc1cc(C)cc(-n2ncc3c(OCC(=O)NC[C@@H]4CCCO4)ncnc32)c1. The quantitative estimate of drug-likeness (QED) is 0.703. The van der Waals surface area contributed by atoms with E-state index in [2.05, 4.69) is 26.4 Å². The van der Waals surface area contributed by atoms with Gasteiger partial charge in [0.05, 0.1) is 18.0 Å². The van der Waals surface area contributed by atoms with Crippen LogP contribution in [0.5, 0.6) is 5.88 Å². The molecule has 8 nitrogen and oxygen atoms in total. The molecule has 0 saturated carbocycles. The van der Waals surface area contributed by atoms with E-state index in [0.717, 1.165) is 36.3 Å². The minimum Gasteiger partial charge on any atom is -0.467 e. The molecule has 0 aliphatic carbocycles. The monoisotopic (exact) mass is 381 g/mol. The molecule has 1 aromatic carbocycles. The van der Waals surface area contributed by atoms with Crippen molar-refractivity contribution >= 4 is 16.9 Å². The van der Waals surface area contributed by atoms with Crippen molar-refractivity contribution in [1.82, 2.24) is 25.1 Å². The average Bonchev–Trinajstić information content (AvgIpc) is 3.33. The first kappa shape index (κ1) is 18.4. The Kier molecular flexibility index (Phi) is 5.21. The predicted octanol–water partition coefficient (Wildman–Crippen LogP) is 2.11. The zero-order valence-corrected chi connectivity index (χ0v) is 16.0. The van der Waals surface area contributed by atoms with Crippen molar-refractivity contribution in [2.45, 2.75) is 32.8 Å². The molecule has 3 aromatic rings. The average molecular weight is 381 g/mol. The highest BCUT2D eigenvalue weighted by molar-refractivity contribution is 5.82. The molecule has 146 valence electrons. The van der Waals surface area contributed by atoms with E-state index in [1.165, 1.54) is 6.33 Å². The lowest BCUT2D eigenvalue weighted by Gasteiger charge is -2.11. The number of benzene rings is 1. The molecule has 0 unspecified atom stereocenters. The lowest BCUT2D eigenvalue weighted by atomic mass is 10.1. The van der Waals surface area contributed by atoms with Gasteiger partial charge in [-0.3, -0.25) is 4.79 Å². The summed E-state index contributed by atoms with van der Waals surface area (Å²) in [5.74, 6) is 0.136. The van der Waals surface area contributed by atoms with Gasteiger partial charge in [-0.05, 0) is 49.9 Å². The molecule has 1 aliphatic rings. The Labute approximate surface area is 162 Å². The molecule has 1 N–H and O–H groups in total. The highest BCUT2D eigenvalue weighted by atomic mass is 16.5. The topological polar surface area (TPSA) is 91.2 Å². The number of carbonyl (C=O) groups is 1. The van der Waals surface area contributed by atoms with E-state index in [1.807, 2.05) is 26.0 Å². The number of fused-ring (bicyclic) bond motifs is 1. The van der Waals surface area contributed by atoms with E-state index < -0.39 is 0 Å². The molecular weight excluding hydrogens is 358 g/mol. The van der Waals surface area contributed by atoms with Gasteiger partial charge in [-0.25, -0.2) is 14.6 Å². The molecule has 1 aliphatic heterocycles. The van der Waals surface area contributed by atoms with Crippen LogP contribution in [-0.4, -0.2) is 51.5 Å². The third-order valence-corrected chi connectivity index (χ3v) is 4.67. The molecule has 1 fully saturated rings. The third kappa shape index (κ3) is 3.96. The standard InChI is InChI=1S/C20H23N5O3/c1-13-6-14(2)8-15(7-13)25-19-17(10-24-25)20(23-12-22-19)28-11-18(26)21-9-16-4-3-5-27-16/h6-8,10,12,16H,3-5,9,11H2,1-2H3,(H,21,26)/t16-/m0/s1. The van der Waals surface area contributed by atoms with Crippen molar-refractivity contribution < 1.29 is 14.3 Å². The van der Waals surface area contributed by atoms with Gasteiger partial charge in [-0.2, -0.15) is 5.10 Å². The molecule has 0 radical (unpaired) electrons. The van der Waals surface area contributed by atoms with E-state index in [-0.39, 0.29) is 18.6 Å². The van der Waals surface area contributed by atoms with Gasteiger partial charge in [0, 0.05) is 13.2 Å². The third-order valence-electron chi connectivity index (χ3n) is 4.67. The number of rotatable bonds is 6. The maximum atomic E-state index is 12.1. The van der Waals surface area contributed by atoms with Gasteiger partial charge in [0.15, 0.2) is 12.3 Å². The molecule has 1 amide bonds. The molecule has 0 spiro atoms. The van der Waals surface area contributed by atoms with Crippen LogP contribution in [0, 0.1) is 13.8 Å². The number of hydrogen-bond donors (Lipinski definition) is 1. The Morgan fingerprint density at radius 3 is 2.86 bits per heavy atom. The Balaban J connectivity index is 1.48. The second-order valence-corrected chi connectivity index (χ2v) is 7.05. The van der Waals surface area contributed by atoms with Crippen LogP contribution in [0.2, 0.25) is 0 Å². The van der Waals surface area contributed by atoms with Gasteiger partial charge >= 0.3 is 0 Å². The number of aromatic nitrogens is 4. The molecule has 4 rings (SSSR count). The van der Waals surface area contributed by atoms with Crippen molar-refractivity contribution in [2.24, 2.45) is 0 Å². The fourth-order valence-electron chi connectivity index (χ4n) is 3.42. The molecule has 1 atom stereocenters. The number of hydrogen-bond acceptors (Lipinski definition) is 6. The van der Waals surface area contributed by atoms with Crippen LogP contribution in [0.3, 0.4) is 0 Å². The summed E-state index contributed by atoms with van der Waals surface area (Å²) in [5, 5.41) is 7.94. The summed E-state index contributed by atoms with van der Waals surface area (Å²) >= 11 is 0. The van der Waals surface area contributed by atoms with E-state index in [1.54, 1.807) is 10.9 Å². The molecule has 3 heterocycles. The Hall–Kier alpha value is -3.00. The van der Waals surface area contributed by atoms with Crippen LogP contribution in [0.15, 0.2) is 30.7 Å². The first-order chi connectivity index (χ1) is 13.6. The molecule has 28 heavy (non-hydrogen) atoms. The van der Waals surface area contributed by atoms with Crippen LogP contribution in [0.1, 0.15) is 24.0 Å². The summed E-state index contributed by atoms with van der Waals surface area (Å²) in [6.07, 6.45) is 5.20. The number of nitrogens with zero attached hydrogens (tertiary/aromatic N) is 4. The molecule has 2 aromatic heterocycles. The van der Waals surface area contributed by atoms with Gasteiger partial charge in [-0.15, -0.1) is 0 Å². The summed E-state index contributed by atoms with van der Waals surface area (Å²) in [6, 6.07) is 6.19. The van der Waals surface area contributed by atoms with Crippen molar-refractivity contribution in [1.29, 1.82) is 0 Å². The second kappa shape index (κ2) is 7.93. The lowest BCUT2D eigenvalue weighted by molar-refractivity contribution is -0.123. The zero-order valence-electron chi connectivity index (χ0n) is 16.0. The van der Waals surface area contributed by atoms with Crippen LogP contribution in [0.4, 0.5) is 0 Å². The lowest BCUT2D eigenvalue weighted by Crippen LogP contribution is -2.35. The minimum absolute atomic E-state index is 0.103. The highest BCUT2D eigenvalue weighted by Crippen LogP contribution is 2.24. The fourth-order valence-corrected chi connectivity index (χ4v) is 3.42. The van der Waals surface area contributed by atoms with Gasteiger partial charge < -0.3 is 14.8 Å². The van der Waals surface area contributed by atoms with E-state index in [9.17, 15) is 4.79 Å². The minimum atomic E-state index is -0.205. The van der Waals surface area contributed by atoms with Crippen LogP contribution in [0.25, 0.3) is 16.7 Å². The summed E-state index contributed by atoms with van der Waals surface area (Å²) in [6.45, 7) is 5.24.